The molecule has 4 N–H and O–H groups in total. The maximum atomic E-state index is 11.9. The highest BCUT2D eigenvalue weighted by Gasteiger charge is 2.22. The number of aryl methyl sites for hydroxylation is 1. The highest BCUT2D eigenvalue weighted by atomic mass is 35.5. The molecule has 0 aliphatic heterocycles. The summed E-state index contributed by atoms with van der Waals surface area (Å²) in [6, 6.07) is 0.667. The average Bonchev–Trinajstić information content (AvgIpc) is 2.58. The van der Waals surface area contributed by atoms with Crippen molar-refractivity contribution in [3.05, 3.63) is 16.0 Å². The van der Waals surface area contributed by atoms with Crippen molar-refractivity contribution in [1.82, 2.24) is 4.72 Å². The molecule has 96 valence electrons. The highest BCUT2D eigenvalue weighted by Crippen LogP contribution is 2.29. The Kier molecular flexibility index (Phi) is 4.36. The van der Waals surface area contributed by atoms with Gasteiger partial charge in [-0.15, -0.1) is 11.3 Å². The summed E-state index contributed by atoms with van der Waals surface area (Å²) in [4.78, 5) is 0. The van der Waals surface area contributed by atoms with Gasteiger partial charge in [-0.3, -0.25) is 0 Å². The zero-order chi connectivity index (χ0) is 13.2. The van der Waals surface area contributed by atoms with E-state index < -0.39 is 16.1 Å². The molecule has 0 bridgehead atoms. The van der Waals surface area contributed by atoms with E-state index in [2.05, 4.69) is 9.88 Å². The van der Waals surface area contributed by atoms with Gasteiger partial charge >= 0.3 is 0 Å². The second kappa shape index (κ2) is 5.21. The van der Waals surface area contributed by atoms with Crippen molar-refractivity contribution in [1.29, 1.82) is 0 Å². The fraction of sp³-hybridized carbons (Fsp3) is 0.375. The lowest BCUT2D eigenvalue weighted by molar-refractivity contribution is 0.316. The van der Waals surface area contributed by atoms with Crippen LogP contribution in [0.4, 0.5) is 0 Å². The first-order chi connectivity index (χ1) is 7.77. The average molecular weight is 298 g/mol. The summed E-state index contributed by atoms with van der Waals surface area (Å²) in [6.45, 7) is 3.18. The van der Waals surface area contributed by atoms with E-state index in [1.165, 1.54) is 13.0 Å². The van der Waals surface area contributed by atoms with Gasteiger partial charge in [-0.2, -0.15) is 4.72 Å². The van der Waals surface area contributed by atoms with E-state index in [0.717, 1.165) is 11.3 Å². The molecule has 0 fully saturated rings. The van der Waals surface area contributed by atoms with Crippen LogP contribution in [0.15, 0.2) is 15.4 Å². The van der Waals surface area contributed by atoms with E-state index in [0.29, 0.717) is 9.90 Å². The van der Waals surface area contributed by atoms with Crippen LogP contribution in [0.5, 0.6) is 0 Å². The number of hydrogen-bond donors (Lipinski definition) is 3. The van der Waals surface area contributed by atoms with E-state index in [-0.39, 0.29) is 10.0 Å². The van der Waals surface area contributed by atoms with E-state index in [4.69, 9.17) is 22.5 Å². The number of amidine groups is 1. The maximum Gasteiger partial charge on any atom is 0.250 e. The van der Waals surface area contributed by atoms with E-state index in [1.54, 1.807) is 6.92 Å². The SMILES string of the molecule is Cc1cc(S(=O)(=O)NC(C)C(N)=NO)sc1Cl. The van der Waals surface area contributed by atoms with Gasteiger partial charge in [-0.05, 0) is 25.5 Å². The zero-order valence-corrected chi connectivity index (χ0v) is 11.5. The van der Waals surface area contributed by atoms with Crippen molar-refractivity contribution < 1.29 is 13.6 Å². The van der Waals surface area contributed by atoms with Gasteiger partial charge in [0.05, 0.1) is 10.4 Å². The molecule has 0 aliphatic rings. The predicted molar refractivity (Wildman–Crippen MR) is 67.3 cm³/mol. The van der Waals surface area contributed by atoms with Crippen LogP contribution in [-0.2, 0) is 10.0 Å². The monoisotopic (exact) mass is 297 g/mol. The van der Waals surface area contributed by atoms with Gasteiger partial charge in [0.1, 0.15) is 4.21 Å². The molecule has 1 unspecified atom stereocenters. The van der Waals surface area contributed by atoms with Crippen LogP contribution >= 0.6 is 22.9 Å². The molecular weight excluding hydrogens is 286 g/mol. The number of oxime groups is 1. The summed E-state index contributed by atoms with van der Waals surface area (Å²) >= 11 is 6.75. The molecule has 17 heavy (non-hydrogen) atoms. The van der Waals surface area contributed by atoms with Crippen LogP contribution in [0.2, 0.25) is 4.34 Å². The second-order valence-electron chi connectivity index (χ2n) is 3.39. The summed E-state index contributed by atoms with van der Waals surface area (Å²) in [5.41, 5.74) is 5.98. The molecule has 1 rings (SSSR count). The summed E-state index contributed by atoms with van der Waals surface area (Å²) in [5.74, 6) is -0.215. The quantitative estimate of drug-likeness (QED) is 0.335. The predicted octanol–water partition coefficient (Wildman–Crippen LogP) is 1.12. The molecule has 0 saturated carbocycles. The first-order valence-electron chi connectivity index (χ1n) is 4.53. The van der Waals surface area contributed by atoms with Gasteiger partial charge in [0.25, 0.3) is 10.0 Å². The molecule has 0 saturated heterocycles. The molecule has 0 spiro atoms. The van der Waals surface area contributed by atoms with Gasteiger partial charge in [0.15, 0.2) is 5.84 Å². The largest absolute Gasteiger partial charge is 0.409 e. The van der Waals surface area contributed by atoms with Gasteiger partial charge < -0.3 is 10.9 Å². The van der Waals surface area contributed by atoms with E-state index in [1.807, 2.05) is 0 Å². The number of hydrogen-bond acceptors (Lipinski definition) is 5. The Morgan fingerprint density at radius 2 is 2.29 bits per heavy atom. The molecule has 9 heteroatoms. The highest BCUT2D eigenvalue weighted by molar-refractivity contribution is 7.91. The third kappa shape index (κ3) is 3.32. The first-order valence-corrected chi connectivity index (χ1v) is 7.21. The fourth-order valence-corrected chi connectivity index (χ4v) is 3.94. The number of thiophene rings is 1. The first kappa shape index (κ1) is 14.2. The molecule has 1 aromatic rings. The van der Waals surface area contributed by atoms with Gasteiger partial charge in [-0.25, -0.2) is 8.42 Å². The number of nitrogens with one attached hydrogen (secondary N) is 1. The molecular formula is C8H12ClN3O3S2. The maximum absolute atomic E-state index is 11.9. The minimum absolute atomic E-state index is 0.0950. The lowest BCUT2D eigenvalue weighted by atomic mass is 10.3. The number of nitrogens with two attached hydrogens (primary N) is 1. The van der Waals surface area contributed by atoms with Crippen molar-refractivity contribution in [3.8, 4) is 0 Å². The van der Waals surface area contributed by atoms with E-state index >= 15 is 0 Å². The number of rotatable bonds is 4. The third-order valence-corrected chi connectivity index (χ3v) is 5.56. The van der Waals surface area contributed by atoms with Crippen LogP contribution in [0, 0.1) is 6.92 Å². The fourth-order valence-electron chi connectivity index (χ4n) is 1.00. The normalized spacial score (nSPS) is 14.9. The lowest BCUT2D eigenvalue weighted by Gasteiger charge is -2.11. The Bertz CT molecular complexity index is 519. The van der Waals surface area contributed by atoms with Crippen LogP contribution < -0.4 is 10.5 Å². The summed E-state index contributed by atoms with van der Waals surface area (Å²) in [6.07, 6.45) is 0. The molecule has 0 amide bonds. The molecule has 0 aromatic carbocycles. The van der Waals surface area contributed by atoms with Gasteiger partial charge in [0, 0.05) is 0 Å². The topological polar surface area (TPSA) is 105 Å². The van der Waals surface area contributed by atoms with Crippen molar-refractivity contribution in [2.75, 3.05) is 0 Å². The molecule has 1 atom stereocenters. The smallest absolute Gasteiger partial charge is 0.250 e. The van der Waals surface area contributed by atoms with E-state index in [9.17, 15) is 8.42 Å². The van der Waals surface area contributed by atoms with Crippen LogP contribution in [-0.4, -0.2) is 25.5 Å². The van der Waals surface area contributed by atoms with Crippen LogP contribution in [0.25, 0.3) is 0 Å². The summed E-state index contributed by atoms with van der Waals surface area (Å²) in [5, 5.41) is 11.2. The van der Waals surface area contributed by atoms with Gasteiger partial charge in [0.2, 0.25) is 0 Å². The van der Waals surface area contributed by atoms with Crippen LogP contribution in [0.1, 0.15) is 12.5 Å². The summed E-state index contributed by atoms with van der Waals surface area (Å²) in [7, 11) is -3.70. The molecule has 0 radical (unpaired) electrons. The number of halogens is 1. The van der Waals surface area contributed by atoms with Crippen molar-refractivity contribution in [2.45, 2.75) is 24.1 Å². The molecule has 1 aromatic heterocycles. The lowest BCUT2D eigenvalue weighted by Crippen LogP contribution is -2.42. The Morgan fingerprint density at radius 3 is 2.71 bits per heavy atom. The minimum Gasteiger partial charge on any atom is -0.409 e. The van der Waals surface area contributed by atoms with Crippen molar-refractivity contribution >= 4 is 38.8 Å². The third-order valence-electron chi connectivity index (χ3n) is 1.99. The van der Waals surface area contributed by atoms with Crippen LogP contribution in [0.3, 0.4) is 0 Å². The Hall–Kier alpha value is -0.830. The standard InChI is InChI=1S/C8H12ClN3O3S2/c1-4-3-6(16-7(4)9)17(14,15)12-5(2)8(10)11-13/h3,5,12-13H,1-2H3,(H2,10,11). The molecule has 0 aliphatic carbocycles. The van der Waals surface area contributed by atoms with Crippen molar-refractivity contribution in [3.63, 3.8) is 0 Å². The molecule has 6 nitrogen and oxygen atoms in total. The summed E-state index contributed by atoms with van der Waals surface area (Å²) < 4.78 is 26.5. The zero-order valence-electron chi connectivity index (χ0n) is 9.14. The second-order valence-corrected chi connectivity index (χ2v) is 6.99. The number of sulfonamides is 1. The minimum atomic E-state index is -3.70. The van der Waals surface area contributed by atoms with Gasteiger partial charge in [-0.1, -0.05) is 16.8 Å². The Balaban J connectivity index is 2.97. The Labute approximate surface area is 108 Å². The number of nitrogens with zero attached hydrogens (tertiary/aromatic N) is 1. The molecule has 1 heterocycles. The van der Waals surface area contributed by atoms with Crippen molar-refractivity contribution in [2.24, 2.45) is 10.9 Å². The Morgan fingerprint density at radius 1 is 1.71 bits per heavy atom.